The fraction of sp³-hybridized carbons (Fsp3) is 0.222. The van der Waals surface area contributed by atoms with Gasteiger partial charge in [-0.2, -0.15) is 0 Å². The van der Waals surface area contributed by atoms with Crippen molar-refractivity contribution in [3.63, 3.8) is 0 Å². The highest BCUT2D eigenvalue weighted by Crippen LogP contribution is 2.17. The number of pyridine rings is 1. The van der Waals surface area contributed by atoms with Gasteiger partial charge in [0.1, 0.15) is 6.10 Å². The molecule has 0 aliphatic carbocycles. The van der Waals surface area contributed by atoms with Gasteiger partial charge >= 0.3 is 0 Å². The third-order valence-electron chi connectivity index (χ3n) is 1.47. The van der Waals surface area contributed by atoms with Crippen molar-refractivity contribution in [1.29, 1.82) is 0 Å². The van der Waals surface area contributed by atoms with Crippen LogP contribution in [0.4, 0.5) is 0 Å². The van der Waals surface area contributed by atoms with Crippen molar-refractivity contribution in [3.8, 4) is 0 Å². The quantitative estimate of drug-likeness (QED) is 0.649. The molecule has 0 aliphatic heterocycles. The van der Waals surface area contributed by atoms with Crippen LogP contribution in [0.2, 0.25) is 0 Å². The van der Waals surface area contributed by atoms with Crippen LogP contribution < -0.4 is 0 Å². The first-order valence-electron chi connectivity index (χ1n) is 3.45. The summed E-state index contributed by atoms with van der Waals surface area (Å²) in [6.07, 6.45) is 2.73. The molecule has 11 heavy (non-hydrogen) atoms. The molecule has 0 unspecified atom stereocenters. The smallest absolute Gasteiger partial charge is 0.101 e. The number of nitrogens with zero attached hydrogens (tertiary/aromatic N) is 1. The number of aromatic nitrogens is 1. The lowest BCUT2D eigenvalue weighted by Gasteiger charge is -2.08. The highest BCUT2D eigenvalue weighted by Gasteiger charge is 2.05. The fourth-order valence-corrected chi connectivity index (χ4v) is 0.822. The normalized spacial score (nSPS) is 12.5. The molecule has 58 valence electrons. The van der Waals surface area contributed by atoms with Gasteiger partial charge < -0.3 is 5.11 Å². The average Bonchev–Trinajstić information content (AvgIpc) is 2.05. The predicted molar refractivity (Wildman–Crippen MR) is 44.0 cm³/mol. The molecule has 1 aromatic heterocycles. The average molecular weight is 149 g/mol. The van der Waals surface area contributed by atoms with Gasteiger partial charge in [-0.3, -0.25) is 4.98 Å². The van der Waals surface area contributed by atoms with E-state index in [0.717, 1.165) is 11.1 Å². The van der Waals surface area contributed by atoms with Crippen LogP contribution in [0.3, 0.4) is 0 Å². The summed E-state index contributed by atoms with van der Waals surface area (Å²) in [7, 11) is 0. The van der Waals surface area contributed by atoms with Crippen molar-refractivity contribution in [2.24, 2.45) is 0 Å². The standard InChI is InChI=1S/C9H11NO/c1-7(2)9(11)8-4-3-5-10-6-8/h3-6,9,11H,1H2,2H3/t9-/m0/s1. The van der Waals surface area contributed by atoms with E-state index in [4.69, 9.17) is 0 Å². The van der Waals surface area contributed by atoms with Crippen LogP contribution in [0.15, 0.2) is 36.7 Å². The summed E-state index contributed by atoms with van der Waals surface area (Å²) in [4.78, 5) is 3.89. The highest BCUT2D eigenvalue weighted by atomic mass is 16.3. The molecule has 0 amide bonds. The predicted octanol–water partition coefficient (Wildman–Crippen LogP) is 1.69. The first-order chi connectivity index (χ1) is 5.22. The number of aliphatic hydroxyl groups is 1. The lowest BCUT2D eigenvalue weighted by atomic mass is 10.1. The highest BCUT2D eigenvalue weighted by molar-refractivity contribution is 5.19. The summed E-state index contributed by atoms with van der Waals surface area (Å²) < 4.78 is 0. The fourth-order valence-electron chi connectivity index (χ4n) is 0.822. The Morgan fingerprint density at radius 2 is 2.45 bits per heavy atom. The Morgan fingerprint density at radius 3 is 2.91 bits per heavy atom. The summed E-state index contributed by atoms with van der Waals surface area (Å²) in [5.74, 6) is 0. The topological polar surface area (TPSA) is 33.1 Å². The van der Waals surface area contributed by atoms with E-state index in [0.29, 0.717) is 0 Å². The second-order valence-electron chi connectivity index (χ2n) is 2.54. The van der Waals surface area contributed by atoms with Crippen LogP contribution in [0.1, 0.15) is 18.6 Å². The van der Waals surface area contributed by atoms with E-state index in [-0.39, 0.29) is 0 Å². The number of rotatable bonds is 2. The Labute approximate surface area is 66.2 Å². The molecule has 0 aliphatic rings. The zero-order chi connectivity index (χ0) is 8.27. The molecule has 0 saturated carbocycles. The van der Waals surface area contributed by atoms with E-state index in [9.17, 15) is 5.11 Å². The minimum absolute atomic E-state index is 0.580. The second kappa shape index (κ2) is 3.30. The minimum Gasteiger partial charge on any atom is -0.384 e. The van der Waals surface area contributed by atoms with Crippen LogP contribution in [0.25, 0.3) is 0 Å². The van der Waals surface area contributed by atoms with Crippen molar-refractivity contribution in [3.05, 3.63) is 42.2 Å². The summed E-state index contributed by atoms with van der Waals surface area (Å²) in [5, 5.41) is 9.46. The van der Waals surface area contributed by atoms with E-state index in [2.05, 4.69) is 11.6 Å². The lowest BCUT2D eigenvalue weighted by Crippen LogP contribution is -1.97. The van der Waals surface area contributed by atoms with Gasteiger partial charge in [0.15, 0.2) is 0 Å². The molecule has 0 spiro atoms. The molecule has 2 nitrogen and oxygen atoms in total. The molecule has 2 heteroatoms. The largest absolute Gasteiger partial charge is 0.384 e. The van der Waals surface area contributed by atoms with Gasteiger partial charge in [0.2, 0.25) is 0 Å². The van der Waals surface area contributed by atoms with Gasteiger partial charge in [0.25, 0.3) is 0 Å². The second-order valence-corrected chi connectivity index (χ2v) is 2.54. The molecule has 1 aromatic rings. The first-order valence-corrected chi connectivity index (χ1v) is 3.45. The molecular weight excluding hydrogens is 138 g/mol. The molecule has 0 saturated heterocycles. The molecular formula is C9H11NO. The third kappa shape index (κ3) is 1.88. The SMILES string of the molecule is C=C(C)[C@H](O)c1cccnc1. The molecule has 1 heterocycles. The molecule has 0 aromatic carbocycles. The van der Waals surface area contributed by atoms with Crippen molar-refractivity contribution in [2.45, 2.75) is 13.0 Å². The van der Waals surface area contributed by atoms with E-state index < -0.39 is 6.10 Å². The summed E-state index contributed by atoms with van der Waals surface area (Å²) in [5.41, 5.74) is 1.53. The monoisotopic (exact) mass is 149 g/mol. The third-order valence-corrected chi connectivity index (χ3v) is 1.47. The molecule has 0 bridgehead atoms. The van der Waals surface area contributed by atoms with Crippen molar-refractivity contribution in [2.75, 3.05) is 0 Å². The molecule has 0 radical (unpaired) electrons. The molecule has 1 atom stereocenters. The van der Waals surface area contributed by atoms with Gasteiger partial charge in [0, 0.05) is 18.0 Å². The van der Waals surface area contributed by atoms with Gasteiger partial charge in [0.05, 0.1) is 0 Å². The van der Waals surface area contributed by atoms with Crippen LogP contribution >= 0.6 is 0 Å². The lowest BCUT2D eigenvalue weighted by molar-refractivity contribution is 0.216. The van der Waals surface area contributed by atoms with Crippen LogP contribution in [0.5, 0.6) is 0 Å². The Kier molecular flexibility index (Phi) is 2.39. The summed E-state index contributed by atoms with van der Waals surface area (Å²) in [6, 6.07) is 3.62. The number of hydrogen-bond acceptors (Lipinski definition) is 2. The van der Waals surface area contributed by atoms with Crippen molar-refractivity contribution in [1.82, 2.24) is 4.98 Å². The van der Waals surface area contributed by atoms with Gasteiger partial charge in [-0.05, 0) is 18.6 Å². The van der Waals surface area contributed by atoms with E-state index in [1.54, 1.807) is 25.4 Å². The summed E-state index contributed by atoms with van der Waals surface area (Å²) in [6.45, 7) is 5.44. The Bertz CT molecular complexity index is 243. The van der Waals surface area contributed by atoms with Gasteiger partial charge in [-0.15, -0.1) is 0 Å². The summed E-state index contributed by atoms with van der Waals surface area (Å²) >= 11 is 0. The number of aliphatic hydroxyl groups excluding tert-OH is 1. The van der Waals surface area contributed by atoms with Gasteiger partial charge in [-0.25, -0.2) is 0 Å². The maximum atomic E-state index is 9.46. The maximum absolute atomic E-state index is 9.46. The molecule has 0 fully saturated rings. The van der Waals surface area contributed by atoms with E-state index in [1.807, 2.05) is 6.07 Å². The van der Waals surface area contributed by atoms with Crippen molar-refractivity contribution < 1.29 is 5.11 Å². The minimum atomic E-state index is -0.580. The molecule has 1 N–H and O–H groups in total. The Morgan fingerprint density at radius 1 is 1.73 bits per heavy atom. The van der Waals surface area contributed by atoms with Crippen LogP contribution in [-0.2, 0) is 0 Å². The van der Waals surface area contributed by atoms with E-state index >= 15 is 0 Å². The van der Waals surface area contributed by atoms with Crippen LogP contribution in [-0.4, -0.2) is 10.1 Å². The Hall–Kier alpha value is -1.15. The Balaban J connectivity index is 2.85. The van der Waals surface area contributed by atoms with E-state index in [1.165, 1.54) is 0 Å². The zero-order valence-corrected chi connectivity index (χ0v) is 6.49. The number of hydrogen-bond donors (Lipinski definition) is 1. The zero-order valence-electron chi connectivity index (χ0n) is 6.49. The molecule has 1 rings (SSSR count). The van der Waals surface area contributed by atoms with Gasteiger partial charge in [-0.1, -0.05) is 12.6 Å². The van der Waals surface area contributed by atoms with Crippen LogP contribution in [0, 0.1) is 0 Å². The first kappa shape index (κ1) is 7.95. The van der Waals surface area contributed by atoms with Crippen molar-refractivity contribution >= 4 is 0 Å². The maximum Gasteiger partial charge on any atom is 0.101 e.